The normalized spacial score (nSPS) is 14.6. The molecular weight excluding hydrogens is 302 g/mol. The predicted molar refractivity (Wildman–Crippen MR) is 85.9 cm³/mol. The molecule has 0 atom stereocenters. The average molecular weight is 325 g/mol. The first-order valence-electron chi connectivity index (χ1n) is 7.58. The van der Waals surface area contributed by atoms with E-state index in [4.69, 9.17) is 5.14 Å². The molecule has 0 aromatic heterocycles. The van der Waals surface area contributed by atoms with Gasteiger partial charge >= 0.3 is 0 Å². The Morgan fingerprint density at radius 3 is 2.45 bits per heavy atom. The van der Waals surface area contributed by atoms with Crippen molar-refractivity contribution in [2.45, 2.75) is 43.5 Å². The molecule has 0 bridgehead atoms. The number of nitrogens with one attached hydrogen (secondary N) is 1. The van der Waals surface area contributed by atoms with Crippen LogP contribution in [0.15, 0.2) is 29.2 Å². The third-order valence-corrected chi connectivity index (χ3v) is 4.62. The SMILES string of the molecule is CCCCN(C(=O)CNc1ccc(S(N)(=O)=O)cc1)C1CC1. The molecule has 0 heterocycles. The van der Waals surface area contributed by atoms with Crippen molar-refractivity contribution in [2.75, 3.05) is 18.4 Å². The van der Waals surface area contributed by atoms with Crippen LogP contribution in [-0.4, -0.2) is 38.4 Å². The van der Waals surface area contributed by atoms with Gasteiger partial charge < -0.3 is 10.2 Å². The maximum absolute atomic E-state index is 12.3. The number of nitrogens with two attached hydrogens (primary N) is 1. The number of sulfonamides is 1. The minimum atomic E-state index is -3.68. The molecule has 6 nitrogen and oxygen atoms in total. The van der Waals surface area contributed by atoms with Crippen LogP contribution in [0.3, 0.4) is 0 Å². The molecule has 1 aliphatic rings. The van der Waals surface area contributed by atoms with Gasteiger partial charge in [0.2, 0.25) is 15.9 Å². The molecule has 2 rings (SSSR count). The number of anilines is 1. The van der Waals surface area contributed by atoms with Crippen LogP contribution in [0.25, 0.3) is 0 Å². The van der Waals surface area contributed by atoms with E-state index in [1.165, 1.54) is 12.1 Å². The minimum Gasteiger partial charge on any atom is -0.376 e. The predicted octanol–water partition coefficient (Wildman–Crippen LogP) is 1.54. The number of primary sulfonamides is 1. The van der Waals surface area contributed by atoms with Crippen molar-refractivity contribution in [1.82, 2.24) is 4.90 Å². The number of carbonyl (C=O) groups excluding carboxylic acids is 1. The van der Waals surface area contributed by atoms with Crippen molar-refractivity contribution in [3.63, 3.8) is 0 Å². The Kier molecular flexibility index (Phi) is 5.42. The van der Waals surface area contributed by atoms with Crippen molar-refractivity contribution in [3.8, 4) is 0 Å². The number of rotatable bonds is 8. The molecule has 0 aliphatic heterocycles. The molecule has 1 aromatic rings. The number of carbonyl (C=O) groups is 1. The molecule has 0 saturated heterocycles. The summed E-state index contributed by atoms with van der Waals surface area (Å²) >= 11 is 0. The first kappa shape index (κ1) is 16.8. The molecule has 122 valence electrons. The van der Waals surface area contributed by atoms with Gasteiger partial charge in [0, 0.05) is 18.3 Å². The minimum absolute atomic E-state index is 0.0620. The van der Waals surface area contributed by atoms with Crippen molar-refractivity contribution < 1.29 is 13.2 Å². The van der Waals surface area contributed by atoms with Crippen LogP contribution in [0.1, 0.15) is 32.6 Å². The molecular formula is C15H23N3O3S. The quantitative estimate of drug-likeness (QED) is 0.758. The summed E-state index contributed by atoms with van der Waals surface area (Å²) in [5.74, 6) is 0.0893. The summed E-state index contributed by atoms with van der Waals surface area (Å²) in [7, 11) is -3.68. The van der Waals surface area contributed by atoms with E-state index in [0.717, 1.165) is 32.2 Å². The lowest BCUT2D eigenvalue weighted by Crippen LogP contribution is -2.38. The monoisotopic (exact) mass is 325 g/mol. The molecule has 0 radical (unpaired) electrons. The molecule has 22 heavy (non-hydrogen) atoms. The maximum atomic E-state index is 12.3. The van der Waals surface area contributed by atoms with Crippen LogP contribution in [-0.2, 0) is 14.8 Å². The summed E-state index contributed by atoms with van der Waals surface area (Å²) in [5.41, 5.74) is 0.701. The Bertz CT molecular complexity index is 609. The molecule has 3 N–H and O–H groups in total. The van der Waals surface area contributed by atoms with E-state index in [9.17, 15) is 13.2 Å². The zero-order valence-corrected chi connectivity index (χ0v) is 13.6. The van der Waals surface area contributed by atoms with E-state index in [0.29, 0.717) is 11.7 Å². The standard InChI is InChI=1S/C15H23N3O3S/c1-2-3-10-18(13-6-7-13)15(19)11-17-12-4-8-14(9-5-12)22(16,20)21/h4-5,8-9,13,17H,2-3,6-7,10-11H2,1H3,(H2,16,20,21). The van der Waals surface area contributed by atoms with Gasteiger partial charge in [0.05, 0.1) is 11.4 Å². The highest BCUT2D eigenvalue weighted by Crippen LogP contribution is 2.27. The lowest BCUT2D eigenvalue weighted by molar-refractivity contribution is -0.129. The van der Waals surface area contributed by atoms with E-state index in [2.05, 4.69) is 12.2 Å². The Balaban J connectivity index is 1.89. The van der Waals surface area contributed by atoms with Crippen LogP contribution in [0.4, 0.5) is 5.69 Å². The number of hydrogen-bond donors (Lipinski definition) is 2. The first-order valence-corrected chi connectivity index (χ1v) is 9.12. The Morgan fingerprint density at radius 1 is 1.32 bits per heavy atom. The lowest BCUT2D eigenvalue weighted by atomic mass is 10.3. The van der Waals surface area contributed by atoms with Gasteiger partial charge in [-0.1, -0.05) is 13.3 Å². The summed E-state index contributed by atoms with van der Waals surface area (Å²) in [4.78, 5) is 14.3. The number of benzene rings is 1. The summed E-state index contributed by atoms with van der Waals surface area (Å²) in [6.45, 7) is 3.14. The molecule has 1 amide bonds. The van der Waals surface area contributed by atoms with Gasteiger partial charge in [0.1, 0.15) is 0 Å². The van der Waals surface area contributed by atoms with Crippen LogP contribution in [0, 0.1) is 0 Å². The van der Waals surface area contributed by atoms with Gasteiger partial charge in [-0.25, -0.2) is 13.6 Å². The van der Waals surface area contributed by atoms with Crippen molar-refractivity contribution >= 4 is 21.6 Å². The maximum Gasteiger partial charge on any atom is 0.242 e. The summed E-state index contributed by atoms with van der Waals surface area (Å²) in [6, 6.07) is 6.49. The Hall–Kier alpha value is -1.60. The second-order valence-electron chi connectivity index (χ2n) is 5.59. The largest absolute Gasteiger partial charge is 0.376 e. The number of hydrogen-bond acceptors (Lipinski definition) is 4. The number of amides is 1. The van der Waals surface area contributed by atoms with Gasteiger partial charge in [-0.05, 0) is 43.5 Å². The summed E-state index contributed by atoms with van der Waals surface area (Å²) < 4.78 is 22.4. The second-order valence-corrected chi connectivity index (χ2v) is 7.16. The smallest absolute Gasteiger partial charge is 0.242 e. The molecule has 0 unspecified atom stereocenters. The summed E-state index contributed by atoms with van der Waals surface area (Å²) in [5, 5.41) is 8.08. The molecule has 1 fully saturated rings. The Labute approximate surface area is 131 Å². The average Bonchev–Trinajstić information content (AvgIpc) is 3.30. The van der Waals surface area contributed by atoms with E-state index >= 15 is 0 Å². The van der Waals surface area contributed by atoms with Crippen molar-refractivity contribution in [1.29, 1.82) is 0 Å². The fourth-order valence-corrected chi connectivity index (χ4v) is 2.78. The van der Waals surface area contributed by atoms with Gasteiger partial charge in [0.15, 0.2) is 0 Å². The van der Waals surface area contributed by atoms with Crippen molar-refractivity contribution in [2.24, 2.45) is 5.14 Å². The molecule has 7 heteroatoms. The van der Waals surface area contributed by atoms with E-state index in [1.807, 2.05) is 4.90 Å². The van der Waals surface area contributed by atoms with E-state index < -0.39 is 10.0 Å². The van der Waals surface area contributed by atoms with E-state index in [-0.39, 0.29) is 17.3 Å². The van der Waals surface area contributed by atoms with Crippen molar-refractivity contribution in [3.05, 3.63) is 24.3 Å². The fourth-order valence-electron chi connectivity index (χ4n) is 2.27. The number of unbranched alkanes of at least 4 members (excludes halogenated alkanes) is 1. The van der Waals surface area contributed by atoms with Crippen LogP contribution >= 0.6 is 0 Å². The summed E-state index contributed by atoms with van der Waals surface area (Å²) in [6.07, 6.45) is 4.28. The molecule has 0 spiro atoms. The third kappa shape index (κ3) is 4.71. The Morgan fingerprint density at radius 2 is 1.95 bits per heavy atom. The van der Waals surface area contributed by atoms with Gasteiger partial charge in [-0.15, -0.1) is 0 Å². The van der Waals surface area contributed by atoms with Gasteiger partial charge in [-0.2, -0.15) is 0 Å². The molecule has 1 aliphatic carbocycles. The fraction of sp³-hybridized carbons (Fsp3) is 0.533. The topological polar surface area (TPSA) is 92.5 Å². The highest BCUT2D eigenvalue weighted by molar-refractivity contribution is 7.89. The van der Waals surface area contributed by atoms with Gasteiger partial charge in [-0.3, -0.25) is 4.79 Å². The second kappa shape index (κ2) is 7.11. The highest BCUT2D eigenvalue weighted by Gasteiger charge is 2.31. The van der Waals surface area contributed by atoms with Crippen LogP contribution < -0.4 is 10.5 Å². The zero-order chi connectivity index (χ0) is 16.2. The molecule has 1 aromatic carbocycles. The van der Waals surface area contributed by atoms with Crippen LogP contribution in [0.2, 0.25) is 0 Å². The van der Waals surface area contributed by atoms with E-state index in [1.54, 1.807) is 12.1 Å². The lowest BCUT2D eigenvalue weighted by Gasteiger charge is -2.22. The first-order chi connectivity index (χ1) is 10.4. The molecule has 1 saturated carbocycles. The highest BCUT2D eigenvalue weighted by atomic mass is 32.2. The zero-order valence-electron chi connectivity index (χ0n) is 12.8. The van der Waals surface area contributed by atoms with Crippen LogP contribution in [0.5, 0.6) is 0 Å². The number of nitrogens with zero attached hydrogens (tertiary/aromatic N) is 1. The third-order valence-electron chi connectivity index (χ3n) is 3.69. The van der Waals surface area contributed by atoms with Gasteiger partial charge in [0.25, 0.3) is 0 Å².